The monoisotopic (exact) mass is 340 g/mol. The number of hydroxylamine groups is 1. The highest BCUT2D eigenvalue weighted by atomic mass is 19.1. The van der Waals surface area contributed by atoms with E-state index in [0.29, 0.717) is 17.2 Å². The Bertz CT molecular complexity index is 824. The Kier molecular flexibility index (Phi) is 4.86. The maximum Gasteiger partial charge on any atom is 0.274 e. The second-order valence-corrected chi connectivity index (χ2v) is 4.96. The fourth-order valence-electron chi connectivity index (χ4n) is 2.21. The number of carbonyl (C=O) groups is 1. The molecule has 0 atom stereocenters. The van der Waals surface area contributed by atoms with E-state index < -0.39 is 11.7 Å². The van der Waals surface area contributed by atoms with Crippen molar-refractivity contribution in [2.24, 2.45) is 0 Å². The maximum absolute atomic E-state index is 14.4. The molecule has 0 bridgehead atoms. The third kappa shape index (κ3) is 3.72. The summed E-state index contributed by atoms with van der Waals surface area (Å²) in [5, 5.41) is 8.63. The summed E-state index contributed by atoms with van der Waals surface area (Å²) in [7, 11) is 0. The van der Waals surface area contributed by atoms with E-state index in [1.54, 1.807) is 17.2 Å². The lowest BCUT2D eigenvalue weighted by Crippen LogP contribution is -2.21. The molecule has 0 spiro atoms. The number of carbonyl (C=O) groups excluding carboxylic acids is 1. The molecule has 3 rings (SSSR count). The number of amides is 1. The molecule has 0 aliphatic rings. The van der Waals surface area contributed by atoms with Crippen molar-refractivity contribution >= 4 is 17.5 Å². The van der Waals surface area contributed by atoms with Gasteiger partial charge in [0.1, 0.15) is 18.0 Å². The van der Waals surface area contributed by atoms with Crippen molar-refractivity contribution in [2.45, 2.75) is 6.54 Å². The van der Waals surface area contributed by atoms with Gasteiger partial charge in [0.2, 0.25) is 0 Å². The smallest absolute Gasteiger partial charge is 0.274 e. The molecule has 0 saturated carbocycles. The minimum Gasteiger partial charge on any atom is -0.305 e. The van der Waals surface area contributed by atoms with Crippen LogP contribution in [0.5, 0.6) is 0 Å². The Morgan fingerprint density at radius 3 is 2.64 bits per heavy atom. The molecular weight excluding hydrogens is 327 g/mol. The molecule has 1 amide bonds. The predicted molar refractivity (Wildman–Crippen MR) is 85.6 cm³/mol. The zero-order valence-electron chi connectivity index (χ0n) is 12.9. The van der Waals surface area contributed by atoms with Gasteiger partial charge in [-0.05, 0) is 18.2 Å². The Morgan fingerprint density at radius 2 is 2.00 bits per heavy atom. The van der Waals surface area contributed by atoms with Crippen molar-refractivity contribution in [2.75, 3.05) is 4.90 Å². The second kappa shape index (κ2) is 7.41. The third-order valence-electron chi connectivity index (χ3n) is 3.41. The summed E-state index contributed by atoms with van der Waals surface area (Å²) >= 11 is 0. The summed E-state index contributed by atoms with van der Waals surface area (Å²) in [4.78, 5) is 29.3. The molecule has 0 radical (unpaired) electrons. The normalized spacial score (nSPS) is 10.3. The first kappa shape index (κ1) is 16.4. The quantitative estimate of drug-likeness (QED) is 0.539. The van der Waals surface area contributed by atoms with Crippen molar-refractivity contribution < 1.29 is 14.4 Å². The molecule has 9 heteroatoms. The molecule has 0 saturated heterocycles. The number of hydrogen-bond acceptors (Lipinski definition) is 7. The van der Waals surface area contributed by atoms with Crippen LogP contribution in [0.2, 0.25) is 0 Å². The van der Waals surface area contributed by atoms with Crippen molar-refractivity contribution in [1.29, 1.82) is 0 Å². The van der Waals surface area contributed by atoms with Gasteiger partial charge in [-0.3, -0.25) is 15.0 Å². The van der Waals surface area contributed by atoms with Gasteiger partial charge in [-0.2, -0.15) is 0 Å². The van der Waals surface area contributed by atoms with E-state index in [-0.39, 0.29) is 12.1 Å². The highest BCUT2D eigenvalue weighted by Crippen LogP contribution is 2.24. The molecule has 2 heterocycles. The van der Waals surface area contributed by atoms with E-state index >= 15 is 0 Å². The highest BCUT2D eigenvalue weighted by molar-refractivity contribution is 5.93. The maximum atomic E-state index is 14.4. The predicted octanol–water partition coefficient (Wildman–Crippen LogP) is 1.86. The van der Waals surface area contributed by atoms with Gasteiger partial charge >= 0.3 is 0 Å². The molecule has 0 aliphatic carbocycles. The molecule has 3 aromatic rings. The molecule has 25 heavy (non-hydrogen) atoms. The second-order valence-electron chi connectivity index (χ2n) is 4.96. The molecule has 0 fully saturated rings. The van der Waals surface area contributed by atoms with Gasteiger partial charge in [0.15, 0.2) is 5.82 Å². The van der Waals surface area contributed by atoms with Crippen LogP contribution in [0.25, 0.3) is 0 Å². The standard InChI is InChI=1S/C16H13FN6O2/c17-13-7-11(16(24)22-25)1-2-12(13)9-23(14-3-4-19-10-21-14)15-8-18-5-6-20-15/h1-8,10,25H,9H2,(H,22,24). The van der Waals surface area contributed by atoms with Crippen LogP contribution in [0.4, 0.5) is 16.0 Å². The number of rotatable bonds is 5. The summed E-state index contributed by atoms with van der Waals surface area (Å²) in [5.74, 6) is -0.374. The number of hydrogen-bond donors (Lipinski definition) is 2. The first-order valence-corrected chi connectivity index (χ1v) is 7.21. The fourth-order valence-corrected chi connectivity index (χ4v) is 2.21. The number of aromatic nitrogens is 4. The Balaban J connectivity index is 1.95. The molecular formula is C16H13FN6O2. The summed E-state index contributed by atoms with van der Waals surface area (Å²) in [6, 6.07) is 5.60. The molecule has 126 valence electrons. The van der Waals surface area contributed by atoms with Gasteiger partial charge < -0.3 is 4.90 Å². The van der Waals surface area contributed by atoms with Gasteiger partial charge in [-0.25, -0.2) is 24.8 Å². The van der Waals surface area contributed by atoms with Crippen LogP contribution in [0.15, 0.2) is 55.4 Å². The van der Waals surface area contributed by atoms with E-state index in [0.717, 1.165) is 6.07 Å². The SMILES string of the molecule is O=C(NO)c1ccc(CN(c2ccncn2)c2cnccn2)c(F)c1. The number of benzene rings is 1. The van der Waals surface area contributed by atoms with Gasteiger partial charge in [-0.15, -0.1) is 0 Å². The molecule has 2 N–H and O–H groups in total. The van der Waals surface area contributed by atoms with Gasteiger partial charge in [0.25, 0.3) is 5.91 Å². The first-order chi connectivity index (χ1) is 12.2. The minimum absolute atomic E-state index is 0.0110. The van der Waals surface area contributed by atoms with E-state index in [1.165, 1.54) is 42.5 Å². The summed E-state index contributed by atoms with van der Waals surface area (Å²) in [6.07, 6.45) is 7.53. The van der Waals surface area contributed by atoms with Gasteiger partial charge in [-0.1, -0.05) is 6.07 Å². The third-order valence-corrected chi connectivity index (χ3v) is 3.41. The van der Waals surface area contributed by atoms with Crippen LogP contribution in [-0.2, 0) is 6.54 Å². The van der Waals surface area contributed by atoms with E-state index in [4.69, 9.17) is 5.21 Å². The van der Waals surface area contributed by atoms with Crippen molar-refractivity contribution in [3.63, 3.8) is 0 Å². The fraction of sp³-hybridized carbons (Fsp3) is 0.0625. The zero-order chi connectivity index (χ0) is 17.6. The highest BCUT2D eigenvalue weighted by Gasteiger charge is 2.16. The molecule has 8 nitrogen and oxygen atoms in total. The van der Waals surface area contributed by atoms with Crippen LogP contribution in [-0.4, -0.2) is 31.1 Å². The average Bonchev–Trinajstić information content (AvgIpc) is 2.67. The van der Waals surface area contributed by atoms with Crippen LogP contribution in [0, 0.1) is 5.82 Å². The van der Waals surface area contributed by atoms with E-state index in [1.807, 2.05) is 0 Å². The number of nitrogens with one attached hydrogen (secondary N) is 1. The molecule has 0 aliphatic heterocycles. The zero-order valence-corrected chi connectivity index (χ0v) is 12.9. The number of anilines is 2. The Morgan fingerprint density at radius 1 is 1.12 bits per heavy atom. The van der Waals surface area contributed by atoms with Crippen molar-refractivity contribution in [1.82, 2.24) is 25.4 Å². The van der Waals surface area contributed by atoms with Crippen LogP contribution >= 0.6 is 0 Å². The topological polar surface area (TPSA) is 104 Å². The lowest BCUT2D eigenvalue weighted by atomic mass is 10.1. The number of halogens is 1. The Hall–Kier alpha value is -3.46. The van der Waals surface area contributed by atoms with Crippen LogP contribution < -0.4 is 10.4 Å². The summed E-state index contributed by atoms with van der Waals surface area (Å²) in [6.45, 7) is 0.114. The van der Waals surface area contributed by atoms with Crippen LogP contribution in [0.1, 0.15) is 15.9 Å². The van der Waals surface area contributed by atoms with Gasteiger partial charge in [0, 0.05) is 29.7 Å². The summed E-state index contributed by atoms with van der Waals surface area (Å²) in [5.41, 5.74) is 1.80. The van der Waals surface area contributed by atoms with E-state index in [2.05, 4.69) is 19.9 Å². The molecule has 0 unspecified atom stereocenters. The van der Waals surface area contributed by atoms with E-state index in [9.17, 15) is 9.18 Å². The van der Waals surface area contributed by atoms with Gasteiger partial charge in [0.05, 0.1) is 12.7 Å². The molecule has 2 aromatic heterocycles. The number of nitrogens with zero attached hydrogens (tertiary/aromatic N) is 5. The van der Waals surface area contributed by atoms with Crippen LogP contribution in [0.3, 0.4) is 0 Å². The Labute approximate surface area is 142 Å². The average molecular weight is 340 g/mol. The minimum atomic E-state index is -0.785. The summed E-state index contributed by atoms with van der Waals surface area (Å²) < 4.78 is 14.4. The first-order valence-electron chi connectivity index (χ1n) is 7.21. The molecule has 1 aromatic carbocycles. The lowest BCUT2D eigenvalue weighted by molar-refractivity contribution is 0.0706. The van der Waals surface area contributed by atoms with Crippen molar-refractivity contribution in [3.05, 3.63) is 72.3 Å². The largest absolute Gasteiger partial charge is 0.305 e. The lowest BCUT2D eigenvalue weighted by Gasteiger charge is -2.22. The van der Waals surface area contributed by atoms with Crippen molar-refractivity contribution in [3.8, 4) is 0 Å².